The molecule has 0 radical (unpaired) electrons. The van der Waals surface area contributed by atoms with Gasteiger partial charge in [0.25, 0.3) is 5.91 Å². The van der Waals surface area contributed by atoms with E-state index >= 15 is 0 Å². The van der Waals surface area contributed by atoms with Gasteiger partial charge in [0.15, 0.2) is 18.1 Å². The number of nitrogens with one attached hydrogen (secondary N) is 1. The van der Waals surface area contributed by atoms with Crippen LogP contribution in [0, 0.1) is 11.3 Å². The van der Waals surface area contributed by atoms with Crippen molar-refractivity contribution < 1.29 is 19.0 Å². The Hall–Kier alpha value is -3.05. The SMILES string of the molecule is N#Cc1ccccc1OCC(=O)N/N=C/c1cc2c(cc1Br)OCO2. The molecule has 1 aliphatic heterocycles. The Morgan fingerprint density at radius 2 is 2.12 bits per heavy atom. The summed E-state index contributed by atoms with van der Waals surface area (Å²) in [6, 6.07) is 12.2. The predicted molar refractivity (Wildman–Crippen MR) is 92.7 cm³/mol. The summed E-state index contributed by atoms with van der Waals surface area (Å²) in [5.41, 5.74) is 3.45. The highest BCUT2D eigenvalue weighted by molar-refractivity contribution is 9.10. The molecule has 1 N–H and O–H groups in total. The molecule has 8 heteroatoms. The summed E-state index contributed by atoms with van der Waals surface area (Å²) in [6.45, 7) is -0.0705. The molecule has 7 nitrogen and oxygen atoms in total. The first-order chi connectivity index (χ1) is 12.2. The number of amides is 1. The van der Waals surface area contributed by atoms with Crippen molar-refractivity contribution >= 4 is 28.1 Å². The van der Waals surface area contributed by atoms with Crippen molar-refractivity contribution in [3.63, 3.8) is 0 Å². The van der Waals surface area contributed by atoms with Crippen LogP contribution in [0.15, 0.2) is 46.0 Å². The van der Waals surface area contributed by atoms with E-state index in [1.807, 2.05) is 6.07 Å². The average molecular weight is 402 g/mol. The third kappa shape index (κ3) is 4.08. The Bertz CT molecular complexity index is 877. The van der Waals surface area contributed by atoms with E-state index in [4.69, 9.17) is 19.5 Å². The molecule has 1 aliphatic rings. The maximum atomic E-state index is 11.8. The monoisotopic (exact) mass is 401 g/mol. The van der Waals surface area contributed by atoms with Crippen LogP contribution in [0.2, 0.25) is 0 Å². The number of hydrogen-bond acceptors (Lipinski definition) is 6. The highest BCUT2D eigenvalue weighted by atomic mass is 79.9. The summed E-state index contributed by atoms with van der Waals surface area (Å²) in [6.07, 6.45) is 1.48. The van der Waals surface area contributed by atoms with Crippen LogP contribution in [-0.4, -0.2) is 25.5 Å². The lowest BCUT2D eigenvalue weighted by Crippen LogP contribution is -2.24. The maximum absolute atomic E-state index is 11.8. The summed E-state index contributed by atoms with van der Waals surface area (Å²) in [4.78, 5) is 11.8. The maximum Gasteiger partial charge on any atom is 0.277 e. The van der Waals surface area contributed by atoms with Gasteiger partial charge in [-0.25, -0.2) is 5.43 Å². The van der Waals surface area contributed by atoms with Gasteiger partial charge in [-0.3, -0.25) is 4.79 Å². The number of carbonyl (C=O) groups is 1. The van der Waals surface area contributed by atoms with Crippen LogP contribution >= 0.6 is 15.9 Å². The van der Waals surface area contributed by atoms with Gasteiger partial charge in [0.1, 0.15) is 11.8 Å². The summed E-state index contributed by atoms with van der Waals surface area (Å²) < 4.78 is 16.6. The molecule has 126 valence electrons. The van der Waals surface area contributed by atoms with Crippen LogP contribution in [0.25, 0.3) is 0 Å². The first kappa shape index (κ1) is 16.8. The molecule has 0 saturated heterocycles. The predicted octanol–water partition coefficient (Wildman–Crippen LogP) is 2.58. The van der Waals surface area contributed by atoms with E-state index in [2.05, 4.69) is 26.5 Å². The van der Waals surface area contributed by atoms with Gasteiger partial charge < -0.3 is 14.2 Å². The van der Waals surface area contributed by atoms with Crippen LogP contribution in [0.4, 0.5) is 0 Å². The van der Waals surface area contributed by atoms with E-state index in [1.165, 1.54) is 6.21 Å². The molecule has 0 fully saturated rings. The number of para-hydroxylation sites is 1. The van der Waals surface area contributed by atoms with Gasteiger partial charge in [-0.15, -0.1) is 0 Å². The Labute approximate surface area is 151 Å². The van der Waals surface area contributed by atoms with Gasteiger partial charge in [-0.1, -0.05) is 12.1 Å². The minimum absolute atomic E-state index is 0.181. The van der Waals surface area contributed by atoms with Crippen LogP contribution in [-0.2, 0) is 4.79 Å². The number of nitrogens with zero attached hydrogens (tertiary/aromatic N) is 2. The van der Waals surface area contributed by atoms with E-state index in [0.717, 1.165) is 10.0 Å². The summed E-state index contributed by atoms with van der Waals surface area (Å²) in [5, 5.41) is 12.9. The topological polar surface area (TPSA) is 92.9 Å². The fraction of sp³-hybridized carbons (Fsp3) is 0.118. The van der Waals surface area contributed by atoms with Gasteiger partial charge in [0, 0.05) is 10.0 Å². The third-order valence-electron chi connectivity index (χ3n) is 3.25. The summed E-state index contributed by atoms with van der Waals surface area (Å²) >= 11 is 3.40. The Balaban J connectivity index is 1.56. The van der Waals surface area contributed by atoms with Crippen molar-refractivity contribution in [3.8, 4) is 23.3 Å². The minimum Gasteiger partial charge on any atom is -0.482 e. The smallest absolute Gasteiger partial charge is 0.277 e. The molecule has 1 amide bonds. The zero-order chi connectivity index (χ0) is 17.6. The largest absolute Gasteiger partial charge is 0.482 e. The highest BCUT2D eigenvalue weighted by Gasteiger charge is 2.15. The zero-order valence-electron chi connectivity index (χ0n) is 12.9. The van der Waals surface area contributed by atoms with Crippen molar-refractivity contribution in [1.29, 1.82) is 5.26 Å². The summed E-state index contributed by atoms with van der Waals surface area (Å²) in [7, 11) is 0. The standard InChI is InChI=1S/C17H12BrN3O4/c18-13-6-16-15(24-10-25-16)5-12(13)8-20-21-17(22)9-23-14-4-2-1-3-11(14)7-19/h1-6,8H,9-10H2,(H,21,22)/b20-8+. The second-order valence-corrected chi connectivity index (χ2v) is 5.77. The van der Waals surface area contributed by atoms with Crippen molar-refractivity contribution in [2.24, 2.45) is 5.10 Å². The number of ether oxygens (including phenoxy) is 3. The number of hydrazone groups is 1. The van der Waals surface area contributed by atoms with Crippen LogP contribution < -0.4 is 19.6 Å². The molecule has 0 saturated carbocycles. The first-order valence-electron chi connectivity index (χ1n) is 7.20. The number of benzene rings is 2. The Morgan fingerprint density at radius 3 is 2.92 bits per heavy atom. The molecule has 0 spiro atoms. The van der Waals surface area contributed by atoms with E-state index in [-0.39, 0.29) is 13.4 Å². The molecule has 0 atom stereocenters. The molecule has 0 aliphatic carbocycles. The number of rotatable bonds is 5. The number of carbonyl (C=O) groups excluding carboxylic acids is 1. The Kier molecular flexibility index (Phi) is 5.16. The normalized spacial score (nSPS) is 12.0. The lowest BCUT2D eigenvalue weighted by molar-refractivity contribution is -0.123. The fourth-order valence-electron chi connectivity index (χ4n) is 2.07. The molecule has 2 aromatic rings. The summed E-state index contributed by atoms with van der Waals surface area (Å²) in [5.74, 6) is 1.17. The molecule has 0 aromatic heterocycles. The van der Waals surface area contributed by atoms with Crippen molar-refractivity contribution in [2.75, 3.05) is 13.4 Å². The van der Waals surface area contributed by atoms with Crippen LogP contribution in [0.1, 0.15) is 11.1 Å². The van der Waals surface area contributed by atoms with Gasteiger partial charge in [0.05, 0.1) is 11.8 Å². The second kappa shape index (κ2) is 7.68. The lowest BCUT2D eigenvalue weighted by atomic mass is 10.2. The van der Waals surface area contributed by atoms with Crippen molar-refractivity contribution in [3.05, 3.63) is 52.0 Å². The molecule has 3 rings (SSSR count). The third-order valence-corrected chi connectivity index (χ3v) is 3.94. The molecule has 0 bridgehead atoms. The number of fused-ring (bicyclic) bond motifs is 1. The van der Waals surface area contributed by atoms with Gasteiger partial charge in [0.2, 0.25) is 6.79 Å². The quantitative estimate of drug-likeness (QED) is 0.613. The number of hydrogen-bond donors (Lipinski definition) is 1. The number of nitriles is 1. The fourth-order valence-corrected chi connectivity index (χ4v) is 2.49. The van der Waals surface area contributed by atoms with Gasteiger partial charge in [-0.2, -0.15) is 10.4 Å². The lowest BCUT2D eigenvalue weighted by Gasteiger charge is -2.06. The van der Waals surface area contributed by atoms with Crippen molar-refractivity contribution in [1.82, 2.24) is 5.43 Å². The minimum atomic E-state index is -0.444. The first-order valence-corrected chi connectivity index (χ1v) is 7.99. The van der Waals surface area contributed by atoms with E-state index in [1.54, 1.807) is 36.4 Å². The van der Waals surface area contributed by atoms with Gasteiger partial charge in [-0.05, 0) is 40.2 Å². The van der Waals surface area contributed by atoms with Crippen LogP contribution in [0.3, 0.4) is 0 Å². The van der Waals surface area contributed by atoms with E-state index in [0.29, 0.717) is 22.8 Å². The molecular formula is C17H12BrN3O4. The number of halogens is 1. The highest BCUT2D eigenvalue weighted by Crippen LogP contribution is 2.36. The van der Waals surface area contributed by atoms with E-state index in [9.17, 15) is 4.79 Å². The molecule has 25 heavy (non-hydrogen) atoms. The molecule has 1 heterocycles. The Morgan fingerprint density at radius 1 is 1.36 bits per heavy atom. The second-order valence-electron chi connectivity index (χ2n) is 4.92. The molecular weight excluding hydrogens is 390 g/mol. The van der Waals surface area contributed by atoms with Gasteiger partial charge >= 0.3 is 0 Å². The molecule has 2 aromatic carbocycles. The average Bonchev–Trinajstić information content (AvgIpc) is 3.07. The van der Waals surface area contributed by atoms with Crippen LogP contribution in [0.5, 0.6) is 17.2 Å². The van der Waals surface area contributed by atoms with Crippen molar-refractivity contribution in [2.45, 2.75) is 0 Å². The van der Waals surface area contributed by atoms with E-state index < -0.39 is 5.91 Å². The molecule has 0 unspecified atom stereocenters. The zero-order valence-corrected chi connectivity index (χ0v) is 14.4.